The fourth-order valence-corrected chi connectivity index (χ4v) is 1.36. The van der Waals surface area contributed by atoms with Crippen LogP contribution in [0, 0.1) is 0 Å². The quantitative estimate of drug-likeness (QED) is 0.518. The Morgan fingerprint density at radius 1 is 1.07 bits per heavy atom. The molecule has 0 heterocycles. The second-order valence-electron chi connectivity index (χ2n) is 3.24. The summed E-state index contributed by atoms with van der Waals surface area (Å²) in [6.07, 6.45) is 2.62. The van der Waals surface area contributed by atoms with Crippen LogP contribution in [0.15, 0.2) is 0 Å². The fraction of sp³-hybridized carbons (Fsp3) is 0.800. The van der Waals surface area contributed by atoms with E-state index in [0.717, 1.165) is 13.0 Å². The van der Waals surface area contributed by atoms with Crippen LogP contribution in [-0.2, 0) is 9.59 Å². The van der Waals surface area contributed by atoms with Crippen molar-refractivity contribution < 1.29 is 9.59 Å². The van der Waals surface area contributed by atoms with Crippen molar-refractivity contribution in [3.63, 3.8) is 0 Å². The summed E-state index contributed by atoms with van der Waals surface area (Å²) in [6.45, 7) is 3.32. The van der Waals surface area contributed by atoms with Gasteiger partial charge in [0.2, 0.25) is 11.8 Å². The number of carbonyl (C=O) groups excluding carboxylic acids is 2. The minimum absolute atomic E-state index is 0.0286. The lowest BCUT2D eigenvalue weighted by Crippen LogP contribution is -2.27. The highest BCUT2D eigenvalue weighted by molar-refractivity contribution is 9.09. The van der Waals surface area contributed by atoms with E-state index in [1.807, 2.05) is 6.92 Å². The van der Waals surface area contributed by atoms with Crippen molar-refractivity contribution in [1.82, 2.24) is 10.6 Å². The van der Waals surface area contributed by atoms with E-state index in [2.05, 4.69) is 26.6 Å². The molecular weight excluding hydrogens is 260 g/mol. The summed E-state index contributed by atoms with van der Waals surface area (Å²) in [5, 5.41) is 6.21. The average Bonchev–Trinajstić information content (AvgIpc) is 2.22. The lowest BCUT2D eigenvalue weighted by Gasteiger charge is -2.04. The molecule has 0 aromatic carbocycles. The van der Waals surface area contributed by atoms with Gasteiger partial charge in [0.1, 0.15) is 0 Å². The Morgan fingerprint density at radius 3 is 2.27 bits per heavy atom. The van der Waals surface area contributed by atoms with Gasteiger partial charge in [-0.05, 0) is 12.8 Å². The van der Waals surface area contributed by atoms with Gasteiger partial charge in [-0.2, -0.15) is 0 Å². The summed E-state index contributed by atoms with van der Waals surface area (Å²) < 4.78 is 0. The first-order valence-electron chi connectivity index (χ1n) is 5.30. The molecule has 0 spiro atoms. The first-order chi connectivity index (χ1) is 7.20. The fourth-order valence-electron chi connectivity index (χ4n) is 1.00. The minimum Gasteiger partial charge on any atom is -0.356 e. The zero-order valence-corrected chi connectivity index (χ0v) is 10.7. The van der Waals surface area contributed by atoms with Crippen LogP contribution in [-0.4, -0.2) is 30.2 Å². The molecule has 5 heteroatoms. The van der Waals surface area contributed by atoms with Crippen molar-refractivity contribution in [3.05, 3.63) is 0 Å². The van der Waals surface area contributed by atoms with Crippen LogP contribution >= 0.6 is 15.9 Å². The third-order valence-electron chi connectivity index (χ3n) is 1.80. The van der Waals surface area contributed by atoms with Crippen LogP contribution in [0.3, 0.4) is 0 Å². The van der Waals surface area contributed by atoms with Gasteiger partial charge >= 0.3 is 0 Å². The highest BCUT2D eigenvalue weighted by Crippen LogP contribution is 1.90. The number of carbonyl (C=O) groups is 2. The molecule has 0 aliphatic rings. The summed E-state index contributed by atoms with van der Waals surface area (Å²) in [4.78, 5) is 22.2. The predicted octanol–water partition coefficient (Wildman–Crippen LogP) is 1.19. The van der Waals surface area contributed by atoms with E-state index in [4.69, 9.17) is 0 Å². The molecule has 0 saturated heterocycles. The van der Waals surface area contributed by atoms with Gasteiger partial charge in [0, 0.05) is 31.3 Å². The number of halogens is 1. The maximum Gasteiger partial charge on any atom is 0.220 e. The Labute approximate surface area is 99.3 Å². The van der Waals surface area contributed by atoms with Crippen molar-refractivity contribution in [1.29, 1.82) is 0 Å². The highest BCUT2D eigenvalue weighted by atomic mass is 79.9. The molecule has 0 aliphatic carbocycles. The summed E-state index contributed by atoms with van der Waals surface area (Å²) in [6, 6.07) is 0. The summed E-state index contributed by atoms with van der Waals surface area (Å²) in [7, 11) is 0. The summed E-state index contributed by atoms with van der Waals surface area (Å²) in [5.74, 6) is 0.0902. The van der Waals surface area contributed by atoms with E-state index >= 15 is 0 Å². The van der Waals surface area contributed by atoms with Crippen LogP contribution in [0.25, 0.3) is 0 Å². The number of hydrogen-bond donors (Lipinski definition) is 2. The van der Waals surface area contributed by atoms with Gasteiger partial charge in [-0.3, -0.25) is 9.59 Å². The van der Waals surface area contributed by atoms with Crippen LogP contribution in [0.2, 0.25) is 0 Å². The molecule has 0 aliphatic heterocycles. The largest absolute Gasteiger partial charge is 0.356 e. The zero-order chi connectivity index (χ0) is 11.5. The average molecular weight is 279 g/mol. The molecule has 0 saturated carbocycles. The smallest absolute Gasteiger partial charge is 0.220 e. The predicted molar refractivity (Wildman–Crippen MR) is 64.0 cm³/mol. The molecule has 88 valence electrons. The Morgan fingerprint density at radius 2 is 1.67 bits per heavy atom. The molecule has 2 N–H and O–H groups in total. The molecule has 4 nitrogen and oxygen atoms in total. The SMILES string of the molecule is CCCNC(=O)CCCNC(=O)CCBr. The second-order valence-corrected chi connectivity index (χ2v) is 4.04. The Kier molecular flexibility index (Phi) is 9.57. The van der Waals surface area contributed by atoms with Gasteiger partial charge in [-0.1, -0.05) is 22.9 Å². The Balaban J connectivity index is 3.30. The maximum atomic E-state index is 11.1. The van der Waals surface area contributed by atoms with E-state index in [9.17, 15) is 9.59 Å². The highest BCUT2D eigenvalue weighted by Gasteiger charge is 2.01. The number of hydrogen-bond acceptors (Lipinski definition) is 2. The van der Waals surface area contributed by atoms with Crippen molar-refractivity contribution >= 4 is 27.7 Å². The second kappa shape index (κ2) is 9.96. The topological polar surface area (TPSA) is 58.2 Å². The first-order valence-corrected chi connectivity index (χ1v) is 6.42. The molecule has 0 bridgehead atoms. The first kappa shape index (κ1) is 14.4. The number of rotatable bonds is 8. The molecule has 2 amide bonds. The normalized spacial score (nSPS) is 9.73. The standard InChI is InChI=1S/C10H19BrN2O2/c1-2-7-12-9(14)4-3-8-13-10(15)5-6-11/h2-8H2,1H3,(H,12,14)(H,13,15). The van der Waals surface area contributed by atoms with Crippen molar-refractivity contribution in [2.24, 2.45) is 0 Å². The zero-order valence-electron chi connectivity index (χ0n) is 9.14. The molecular formula is C10H19BrN2O2. The van der Waals surface area contributed by atoms with Gasteiger partial charge < -0.3 is 10.6 Å². The van der Waals surface area contributed by atoms with Crippen molar-refractivity contribution in [2.75, 3.05) is 18.4 Å². The van der Waals surface area contributed by atoms with E-state index in [-0.39, 0.29) is 11.8 Å². The molecule has 0 aromatic heterocycles. The summed E-state index contributed by atoms with van der Waals surface area (Å²) in [5.41, 5.74) is 0. The maximum absolute atomic E-state index is 11.1. The number of alkyl halides is 1. The number of amides is 2. The van der Waals surface area contributed by atoms with E-state index in [1.54, 1.807) is 0 Å². The Hall–Kier alpha value is -0.580. The number of nitrogens with one attached hydrogen (secondary N) is 2. The van der Waals surface area contributed by atoms with E-state index in [1.165, 1.54) is 0 Å². The van der Waals surface area contributed by atoms with Crippen molar-refractivity contribution in [3.8, 4) is 0 Å². The Bertz CT molecular complexity index is 198. The monoisotopic (exact) mass is 278 g/mol. The molecule has 0 radical (unpaired) electrons. The van der Waals surface area contributed by atoms with Crippen molar-refractivity contribution in [2.45, 2.75) is 32.6 Å². The van der Waals surface area contributed by atoms with Crippen LogP contribution in [0.5, 0.6) is 0 Å². The molecule has 0 atom stereocenters. The molecule has 0 unspecified atom stereocenters. The summed E-state index contributed by atoms with van der Waals surface area (Å²) >= 11 is 3.19. The molecule has 0 aromatic rings. The van der Waals surface area contributed by atoms with Gasteiger partial charge in [0.15, 0.2) is 0 Å². The van der Waals surface area contributed by atoms with Gasteiger partial charge in [0.25, 0.3) is 0 Å². The van der Waals surface area contributed by atoms with Crippen LogP contribution in [0.1, 0.15) is 32.6 Å². The van der Waals surface area contributed by atoms with Crippen LogP contribution < -0.4 is 10.6 Å². The molecule has 15 heavy (non-hydrogen) atoms. The third kappa shape index (κ3) is 9.72. The third-order valence-corrected chi connectivity index (χ3v) is 2.19. The molecule has 0 rings (SSSR count). The van der Waals surface area contributed by atoms with Crippen LogP contribution in [0.4, 0.5) is 0 Å². The lowest BCUT2D eigenvalue weighted by atomic mass is 10.3. The van der Waals surface area contributed by atoms with Gasteiger partial charge in [-0.15, -0.1) is 0 Å². The minimum atomic E-state index is 0.0286. The molecule has 0 fully saturated rings. The van der Waals surface area contributed by atoms with Gasteiger partial charge in [0.05, 0.1) is 0 Å². The van der Waals surface area contributed by atoms with E-state index in [0.29, 0.717) is 31.1 Å². The van der Waals surface area contributed by atoms with E-state index < -0.39 is 0 Å². The van der Waals surface area contributed by atoms with Gasteiger partial charge in [-0.25, -0.2) is 0 Å². The lowest BCUT2D eigenvalue weighted by molar-refractivity contribution is -0.122.